The van der Waals surface area contributed by atoms with Gasteiger partial charge in [0.1, 0.15) is 5.75 Å². The lowest BCUT2D eigenvalue weighted by Gasteiger charge is -2.16. The fourth-order valence-electron chi connectivity index (χ4n) is 3.56. The largest absolute Gasteiger partial charge is 0.481 e. The molecule has 4 aromatic rings. The number of hydrogen-bond donors (Lipinski definition) is 0. The van der Waals surface area contributed by atoms with E-state index in [4.69, 9.17) is 16.3 Å². The van der Waals surface area contributed by atoms with Crippen molar-refractivity contribution in [2.24, 2.45) is 7.05 Å². The second-order valence-electron chi connectivity index (χ2n) is 7.31. The Morgan fingerprint density at radius 1 is 1.22 bits per heavy atom. The molecule has 2 aromatic heterocycles. The zero-order chi connectivity index (χ0) is 22.7. The third-order valence-electron chi connectivity index (χ3n) is 5.09. The van der Waals surface area contributed by atoms with Crippen molar-refractivity contribution in [1.82, 2.24) is 19.3 Å². The maximum atomic E-state index is 13.0. The van der Waals surface area contributed by atoms with Crippen molar-refractivity contribution in [3.05, 3.63) is 83.8 Å². The van der Waals surface area contributed by atoms with Gasteiger partial charge in [-0.2, -0.15) is 0 Å². The van der Waals surface area contributed by atoms with Crippen molar-refractivity contribution in [2.45, 2.75) is 24.7 Å². The van der Waals surface area contributed by atoms with Gasteiger partial charge in [-0.05, 0) is 25.1 Å². The van der Waals surface area contributed by atoms with Crippen molar-refractivity contribution < 1.29 is 9.53 Å². The van der Waals surface area contributed by atoms with Gasteiger partial charge in [-0.25, -0.2) is 0 Å². The smallest absolute Gasteiger partial charge is 0.192 e. The predicted molar refractivity (Wildman–Crippen MR) is 129 cm³/mol. The maximum Gasteiger partial charge on any atom is 0.192 e. The first-order valence-corrected chi connectivity index (χ1v) is 11.5. The molecule has 0 radical (unpaired) electrons. The quantitative estimate of drug-likeness (QED) is 0.179. The van der Waals surface area contributed by atoms with Gasteiger partial charge in [0, 0.05) is 36.3 Å². The third kappa shape index (κ3) is 4.45. The summed E-state index contributed by atoms with van der Waals surface area (Å²) in [4.78, 5) is 13.0. The van der Waals surface area contributed by atoms with Crippen LogP contribution in [0.5, 0.6) is 5.75 Å². The highest BCUT2D eigenvalue weighted by molar-refractivity contribution is 7.99. The summed E-state index contributed by atoms with van der Waals surface area (Å²) in [7, 11) is 1.94. The van der Waals surface area contributed by atoms with Crippen molar-refractivity contribution >= 4 is 40.0 Å². The van der Waals surface area contributed by atoms with E-state index >= 15 is 0 Å². The number of aryl methyl sites for hydroxylation is 1. The molecule has 1 atom stereocenters. The van der Waals surface area contributed by atoms with E-state index in [0.717, 1.165) is 10.9 Å². The zero-order valence-electron chi connectivity index (χ0n) is 17.9. The van der Waals surface area contributed by atoms with Crippen molar-refractivity contribution in [1.29, 1.82) is 0 Å². The molecule has 0 saturated carbocycles. The highest BCUT2D eigenvalue weighted by Gasteiger charge is 2.21. The van der Waals surface area contributed by atoms with Crippen LogP contribution in [0, 0.1) is 0 Å². The molecule has 2 heterocycles. The molecule has 0 aliphatic heterocycles. The highest BCUT2D eigenvalue weighted by atomic mass is 35.5. The summed E-state index contributed by atoms with van der Waals surface area (Å²) in [6, 6.07) is 15.2. The number of carbonyl (C=O) groups is 1. The summed E-state index contributed by atoms with van der Waals surface area (Å²) in [5.74, 6) is 1.52. The van der Waals surface area contributed by atoms with Gasteiger partial charge in [0.15, 0.2) is 22.9 Å². The summed E-state index contributed by atoms with van der Waals surface area (Å²) in [5, 5.41) is 10.8. The van der Waals surface area contributed by atoms with Crippen LogP contribution in [-0.2, 0) is 13.6 Å². The number of nitrogens with zero attached hydrogens (tertiary/aromatic N) is 4. The van der Waals surface area contributed by atoms with Crippen molar-refractivity contribution in [2.75, 3.05) is 5.75 Å². The summed E-state index contributed by atoms with van der Waals surface area (Å²) < 4.78 is 9.89. The molecule has 0 bridgehead atoms. The molecule has 6 nitrogen and oxygen atoms in total. The fourth-order valence-corrected chi connectivity index (χ4v) is 4.58. The highest BCUT2D eigenvalue weighted by Crippen LogP contribution is 2.30. The van der Waals surface area contributed by atoms with E-state index in [9.17, 15) is 4.79 Å². The summed E-state index contributed by atoms with van der Waals surface area (Å²) >= 11 is 7.58. The van der Waals surface area contributed by atoms with Crippen LogP contribution >= 0.6 is 23.4 Å². The zero-order valence-corrected chi connectivity index (χ0v) is 19.4. The number of para-hydroxylation sites is 2. The Bertz CT molecular complexity index is 1280. The molecule has 0 fully saturated rings. The molecule has 2 aromatic carbocycles. The average molecular weight is 467 g/mol. The van der Waals surface area contributed by atoms with Crippen LogP contribution in [0.3, 0.4) is 0 Å². The minimum Gasteiger partial charge on any atom is -0.481 e. The minimum atomic E-state index is -0.384. The Kier molecular flexibility index (Phi) is 6.67. The first-order chi connectivity index (χ1) is 15.5. The number of aromatic nitrogens is 4. The molecule has 32 heavy (non-hydrogen) atoms. The van der Waals surface area contributed by atoms with Crippen LogP contribution in [0.25, 0.3) is 10.9 Å². The third-order valence-corrected chi connectivity index (χ3v) is 6.37. The van der Waals surface area contributed by atoms with Crippen LogP contribution in [0.4, 0.5) is 0 Å². The molecule has 0 N–H and O–H groups in total. The summed E-state index contributed by atoms with van der Waals surface area (Å²) in [6.07, 6.45) is 3.27. The number of hydrogen-bond acceptors (Lipinski definition) is 5. The van der Waals surface area contributed by atoms with Gasteiger partial charge < -0.3 is 9.30 Å². The number of ketones is 1. The van der Waals surface area contributed by atoms with Gasteiger partial charge in [-0.15, -0.1) is 16.8 Å². The Morgan fingerprint density at radius 3 is 2.75 bits per heavy atom. The number of thioether (sulfide) groups is 1. The Balaban J connectivity index is 1.52. The molecule has 0 amide bonds. The van der Waals surface area contributed by atoms with E-state index in [2.05, 4.69) is 16.8 Å². The van der Waals surface area contributed by atoms with E-state index in [1.165, 1.54) is 11.8 Å². The maximum absolute atomic E-state index is 13.0. The lowest BCUT2D eigenvalue weighted by molar-refractivity contribution is 0.102. The number of ether oxygens (including phenoxy) is 1. The number of Topliss-reactive ketones (excluding diaryl/α,β-unsaturated/α-hetero) is 1. The summed E-state index contributed by atoms with van der Waals surface area (Å²) in [6.45, 7) is 6.23. The molecule has 0 spiro atoms. The van der Waals surface area contributed by atoms with Crippen molar-refractivity contribution in [3.63, 3.8) is 0 Å². The lowest BCUT2D eigenvalue weighted by atomic mass is 10.1. The van der Waals surface area contributed by atoms with Crippen LogP contribution in [0.15, 0.2) is 72.5 Å². The van der Waals surface area contributed by atoms with Crippen LogP contribution in [0.1, 0.15) is 29.2 Å². The molecule has 164 valence electrons. The number of allylic oxidation sites excluding steroid dienone is 1. The van der Waals surface area contributed by atoms with Gasteiger partial charge in [0.25, 0.3) is 0 Å². The number of halogens is 1. The van der Waals surface area contributed by atoms with Gasteiger partial charge in [-0.1, -0.05) is 59.8 Å². The normalized spacial score (nSPS) is 12.1. The number of rotatable bonds is 9. The Morgan fingerprint density at radius 2 is 1.97 bits per heavy atom. The second kappa shape index (κ2) is 9.63. The van der Waals surface area contributed by atoms with E-state index in [1.54, 1.807) is 12.1 Å². The van der Waals surface area contributed by atoms with Crippen molar-refractivity contribution in [3.8, 4) is 5.75 Å². The van der Waals surface area contributed by atoms with Gasteiger partial charge >= 0.3 is 0 Å². The first-order valence-electron chi connectivity index (χ1n) is 10.1. The van der Waals surface area contributed by atoms with E-state index in [-0.39, 0.29) is 17.6 Å². The fraction of sp³-hybridized carbons (Fsp3) is 0.208. The second-order valence-corrected chi connectivity index (χ2v) is 8.66. The Hall–Kier alpha value is -3.03. The average Bonchev–Trinajstić information content (AvgIpc) is 3.35. The SMILES string of the molecule is C=CCn1c(SCC(=O)c2cn(C)c3ccccc23)nnc1C(C)Oc1ccccc1Cl. The molecular formula is C24H23ClN4O2S. The number of fused-ring (bicyclic) bond motifs is 1. The predicted octanol–water partition coefficient (Wildman–Crippen LogP) is 5.72. The van der Waals surface area contributed by atoms with Crippen LogP contribution in [0.2, 0.25) is 5.02 Å². The number of carbonyl (C=O) groups excluding carboxylic acids is 1. The monoisotopic (exact) mass is 466 g/mol. The Labute approximate surface area is 195 Å². The first kappa shape index (κ1) is 22.2. The van der Waals surface area contributed by atoms with E-state index in [0.29, 0.717) is 33.9 Å². The van der Waals surface area contributed by atoms with E-state index in [1.807, 2.05) is 71.8 Å². The molecule has 1 unspecified atom stereocenters. The lowest BCUT2D eigenvalue weighted by Crippen LogP contribution is -2.13. The van der Waals surface area contributed by atoms with Gasteiger partial charge in [0.2, 0.25) is 0 Å². The molecule has 0 aliphatic rings. The van der Waals surface area contributed by atoms with Crippen LogP contribution in [-0.4, -0.2) is 30.9 Å². The number of benzene rings is 2. The molecule has 8 heteroatoms. The topological polar surface area (TPSA) is 61.9 Å². The molecule has 4 rings (SSSR count). The van der Waals surface area contributed by atoms with E-state index < -0.39 is 0 Å². The van der Waals surface area contributed by atoms with Gasteiger partial charge in [0.05, 0.1) is 10.8 Å². The van der Waals surface area contributed by atoms with Gasteiger partial charge in [-0.3, -0.25) is 9.36 Å². The molecule has 0 aliphatic carbocycles. The van der Waals surface area contributed by atoms with Crippen LogP contribution < -0.4 is 4.74 Å². The molecular weight excluding hydrogens is 444 g/mol. The minimum absolute atomic E-state index is 0.0434. The molecule has 0 saturated heterocycles. The summed E-state index contributed by atoms with van der Waals surface area (Å²) in [5.41, 5.74) is 1.74. The standard InChI is InChI=1S/C24H23ClN4O2S/c1-4-13-29-23(16(2)31-22-12-8-6-10-19(22)25)26-27-24(29)32-15-21(30)18-14-28(3)20-11-7-5-9-17(18)20/h4-12,14,16H,1,13,15H2,2-3H3.